The number of rotatable bonds is 9. The van der Waals surface area contributed by atoms with Gasteiger partial charge in [0.05, 0.1) is 23.6 Å². The second kappa shape index (κ2) is 8.99. The molecule has 164 valence electrons. The molecule has 1 amide bonds. The SMILES string of the molecule is C[C@]1(C(=O)[C@H](CC2=CCCCC2)NC(=O)[C@@H](N)Cc2ccc(S(C)(=O)=O)cc2)CO1. The van der Waals surface area contributed by atoms with Crippen LogP contribution in [0, 0.1) is 0 Å². The molecule has 0 spiro atoms. The number of hydrogen-bond acceptors (Lipinski definition) is 6. The van der Waals surface area contributed by atoms with Crippen LogP contribution in [0.25, 0.3) is 0 Å². The van der Waals surface area contributed by atoms with Crippen LogP contribution in [0.4, 0.5) is 0 Å². The molecule has 1 aromatic rings. The van der Waals surface area contributed by atoms with E-state index in [-0.39, 0.29) is 17.1 Å². The van der Waals surface area contributed by atoms with Crippen molar-refractivity contribution in [2.75, 3.05) is 12.9 Å². The van der Waals surface area contributed by atoms with Crippen LogP contribution in [0.15, 0.2) is 40.8 Å². The molecule has 0 unspecified atom stereocenters. The van der Waals surface area contributed by atoms with E-state index in [4.69, 9.17) is 10.5 Å². The summed E-state index contributed by atoms with van der Waals surface area (Å²) in [5, 5.41) is 2.84. The smallest absolute Gasteiger partial charge is 0.237 e. The van der Waals surface area contributed by atoms with E-state index in [0.29, 0.717) is 13.0 Å². The largest absolute Gasteiger partial charge is 0.361 e. The summed E-state index contributed by atoms with van der Waals surface area (Å²) >= 11 is 0. The van der Waals surface area contributed by atoms with Gasteiger partial charge in [0.25, 0.3) is 0 Å². The van der Waals surface area contributed by atoms with Crippen LogP contribution in [0.2, 0.25) is 0 Å². The maximum absolute atomic E-state index is 12.9. The standard InChI is InChI=1S/C22H30N2O5S/c1-22(14-29-22)20(25)19(13-15-6-4-3-5-7-15)24-21(26)18(23)12-16-8-10-17(11-9-16)30(2,27)28/h6,8-11,18-19H,3-5,7,12-14,23H2,1-2H3,(H,24,26)/t18-,19-,22+/m0/s1. The van der Waals surface area contributed by atoms with Gasteiger partial charge in [-0.2, -0.15) is 0 Å². The predicted molar refractivity (Wildman–Crippen MR) is 114 cm³/mol. The van der Waals surface area contributed by atoms with Crippen LogP contribution in [-0.4, -0.2) is 50.7 Å². The Hall–Kier alpha value is -2.03. The molecule has 0 radical (unpaired) electrons. The molecule has 3 atom stereocenters. The highest BCUT2D eigenvalue weighted by Crippen LogP contribution is 2.31. The summed E-state index contributed by atoms with van der Waals surface area (Å²) in [6, 6.07) is 4.80. The number of ether oxygens (including phenoxy) is 1. The maximum Gasteiger partial charge on any atom is 0.237 e. The van der Waals surface area contributed by atoms with E-state index in [1.54, 1.807) is 19.1 Å². The number of ketones is 1. The summed E-state index contributed by atoms with van der Waals surface area (Å²) in [5.74, 6) is -0.520. The number of sulfone groups is 1. The van der Waals surface area contributed by atoms with Crippen molar-refractivity contribution in [1.29, 1.82) is 0 Å². The number of allylic oxidation sites excluding steroid dienone is 1. The summed E-state index contributed by atoms with van der Waals surface area (Å²) in [4.78, 5) is 25.8. The fraction of sp³-hybridized carbons (Fsp3) is 0.545. The number of nitrogens with two attached hydrogens (primary N) is 1. The lowest BCUT2D eigenvalue weighted by molar-refractivity contribution is -0.131. The van der Waals surface area contributed by atoms with Gasteiger partial charge in [0.1, 0.15) is 5.60 Å². The van der Waals surface area contributed by atoms with Gasteiger partial charge in [0.15, 0.2) is 15.6 Å². The highest BCUT2D eigenvalue weighted by Gasteiger charge is 2.50. The topological polar surface area (TPSA) is 119 Å². The molecular formula is C22H30N2O5S. The second-order valence-electron chi connectivity index (χ2n) is 8.48. The third kappa shape index (κ3) is 5.77. The Kier molecular flexibility index (Phi) is 6.79. The zero-order valence-electron chi connectivity index (χ0n) is 17.5. The molecule has 1 aliphatic heterocycles. The quantitative estimate of drug-likeness (QED) is 0.451. The average Bonchev–Trinajstić information content (AvgIpc) is 3.46. The Balaban J connectivity index is 1.65. The van der Waals surface area contributed by atoms with E-state index < -0.39 is 33.4 Å². The Morgan fingerprint density at radius 3 is 2.40 bits per heavy atom. The number of amides is 1. The van der Waals surface area contributed by atoms with E-state index in [0.717, 1.165) is 37.5 Å². The van der Waals surface area contributed by atoms with Crippen LogP contribution in [0.5, 0.6) is 0 Å². The van der Waals surface area contributed by atoms with Crippen molar-refractivity contribution in [3.05, 3.63) is 41.5 Å². The summed E-state index contributed by atoms with van der Waals surface area (Å²) < 4.78 is 28.5. The number of nitrogens with one attached hydrogen (secondary N) is 1. The van der Waals surface area contributed by atoms with Gasteiger partial charge in [-0.1, -0.05) is 23.8 Å². The third-order valence-electron chi connectivity index (χ3n) is 5.73. The Morgan fingerprint density at radius 1 is 1.20 bits per heavy atom. The van der Waals surface area contributed by atoms with Gasteiger partial charge in [0, 0.05) is 6.26 Å². The predicted octanol–water partition coefficient (Wildman–Crippen LogP) is 1.69. The van der Waals surface area contributed by atoms with Gasteiger partial charge >= 0.3 is 0 Å². The summed E-state index contributed by atoms with van der Waals surface area (Å²) in [5.41, 5.74) is 7.21. The van der Waals surface area contributed by atoms with Crippen LogP contribution < -0.4 is 11.1 Å². The molecule has 8 heteroatoms. The van der Waals surface area contributed by atoms with Gasteiger partial charge in [-0.05, 0) is 63.1 Å². The van der Waals surface area contributed by atoms with Gasteiger partial charge in [0.2, 0.25) is 5.91 Å². The van der Waals surface area contributed by atoms with E-state index in [1.807, 2.05) is 0 Å². The molecule has 0 bridgehead atoms. The molecule has 2 aliphatic rings. The van der Waals surface area contributed by atoms with E-state index in [2.05, 4.69) is 11.4 Å². The number of epoxide rings is 1. The minimum atomic E-state index is -3.28. The van der Waals surface area contributed by atoms with Gasteiger partial charge in [-0.3, -0.25) is 9.59 Å². The molecule has 1 aliphatic carbocycles. The summed E-state index contributed by atoms with van der Waals surface area (Å²) in [7, 11) is -3.28. The molecule has 1 aromatic carbocycles. The Bertz CT molecular complexity index is 933. The highest BCUT2D eigenvalue weighted by atomic mass is 32.2. The van der Waals surface area contributed by atoms with Crippen LogP contribution >= 0.6 is 0 Å². The second-order valence-corrected chi connectivity index (χ2v) is 10.5. The monoisotopic (exact) mass is 434 g/mol. The average molecular weight is 435 g/mol. The zero-order valence-corrected chi connectivity index (χ0v) is 18.3. The lowest BCUT2D eigenvalue weighted by Gasteiger charge is -2.24. The molecule has 3 rings (SSSR count). The lowest BCUT2D eigenvalue weighted by atomic mass is 9.89. The summed E-state index contributed by atoms with van der Waals surface area (Å²) in [6.07, 6.45) is 8.22. The third-order valence-corrected chi connectivity index (χ3v) is 6.86. The molecule has 0 aromatic heterocycles. The molecule has 7 nitrogen and oxygen atoms in total. The number of Topliss-reactive ketones (excluding diaryl/α,β-unsaturated/α-hetero) is 1. The number of carbonyl (C=O) groups excluding carboxylic acids is 2. The summed E-state index contributed by atoms with van der Waals surface area (Å²) in [6.45, 7) is 2.11. The minimum Gasteiger partial charge on any atom is -0.361 e. The van der Waals surface area contributed by atoms with Gasteiger partial charge in [-0.15, -0.1) is 0 Å². The molecule has 1 heterocycles. The maximum atomic E-state index is 12.9. The van der Waals surface area contributed by atoms with Crippen molar-refractivity contribution >= 4 is 21.5 Å². The first kappa shape index (κ1) is 22.7. The van der Waals surface area contributed by atoms with Crippen molar-refractivity contribution in [3.8, 4) is 0 Å². The van der Waals surface area contributed by atoms with Crippen molar-refractivity contribution in [1.82, 2.24) is 5.32 Å². The Labute approximate surface area is 178 Å². The first-order valence-electron chi connectivity index (χ1n) is 10.3. The van der Waals surface area contributed by atoms with E-state index in [9.17, 15) is 18.0 Å². The molecule has 3 N–H and O–H groups in total. The van der Waals surface area contributed by atoms with Crippen LogP contribution in [-0.2, 0) is 30.6 Å². The van der Waals surface area contributed by atoms with Crippen molar-refractivity contribution in [2.45, 2.75) is 68.0 Å². The Morgan fingerprint density at radius 2 is 1.87 bits per heavy atom. The van der Waals surface area contributed by atoms with Crippen LogP contribution in [0.3, 0.4) is 0 Å². The fourth-order valence-electron chi connectivity index (χ4n) is 3.68. The van der Waals surface area contributed by atoms with Crippen LogP contribution in [0.1, 0.15) is 44.6 Å². The van der Waals surface area contributed by atoms with Crippen molar-refractivity contribution < 1.29 is 22.7 Å². The normalized spacial score (nSPS) is 23.2. The van der Waals surface area contributed by atoms with E-state index >= 15 is 0 Å². The lowest BCUT2D eigenvalue weighted by Crippen LogP contribution is -2.52. The number of benzene rings is 1. The van der Waals surface area contributed by atoms with Crippen molar-refractivity contribution in [3.63, 3.8) is 0 Å². The first-order valence-corrected chi connectivity index (χ1v) is 12.2. The van der Waals surface area contributed by atoms with Crippen molar-refractivity contribution in [2.24, 2.45) is 5.73 Å². The number of hydrogen-bond donors (Lipinski definition) is 2. The fourth-order valence-corrected chi connectivity index (χ4v) is 4.31. The molecule has 30 heavy (non-hydrogen) atoms. The molecular weight excluding hydrogens is 404 g/mol. The molecule has 1 saturated heterocycles. The van der Waals surface area contributed by atoms with Gasteiger partial charge in [-0.25, -0.2) is 8.42 Å². The number of carbonyl (C=O) groups is 2. The van der Waals surface area contributed by atoms with E-state index in [1.165, 1.54) is 17.7 Å². The van der Waals surface area contributed by atoms with Gasteiger partial charge < -0.3 is 15.8 Å². The minimum absolute atomic E-state index is 0.118. The molecule has 1 fully saturated rings. The molecule has 0 saturated carbocycles. The highest BCUT2D eigenvalue weighted by molar-refractivity contribution is 7.90. The zero-order chi connectivity index (χ0) is 21.9. The first-order chi connectivity index (χ1) is 14.1.